The van der Waals surface area contributed by atoms with Crippen molar-refractivity contribution in [3.8, 4) is 0 Å². The summed E-state index contributed by atoms with van der Waals surface area (Å²) in [5.74, 6) is -0.166. The molecule has 0 saturated heterocycles. The number of hydrogen-bond donors (Lipinski definition) is 3. The fourth-order valence-electron chi connectivity index (χ4n) is 2.01. The van der Waals surface area contributed by atoms with E-state index in [2.05, 4.69) is 25.5 Å². The van der Waals surface area contributed by atoms with Crippen LogP contribution in [-0.2, 0) is 11.2 Å². The Balaban J connectivity index is 0.000000878. The number of carboxylic acid groups (broad SMARTS) is 1. The van der Waals surface area contributed by atoms with Crippen LogP contribution in [0.3, 0.4) is 0 Å². The summed E-state index contributed by atoms with van der Waals surface area (Å²) >= 11 is 13.2. The van der Waals surface area contributed by atoms with Crippen molar-refractivity contribution in [1.29, 1.82) is 0 Å². The molecule has 2 aromatic heterocycles. The molecule has 1 aromatic carbocycles. The Bertz CT molecular complexity index is 1050. The number of aromatic nitrogens is 4. The molecule has 0 spiro atoms. The average Bonchev–Trinajstić information content (AvgIpc) is 3.05. The van der Waals surface area contributed by atoms with Gasteiger partial charge < -0.3 is 10.1 Å². The highest BCUT2D eigenvalue weighted by atomic mass is 35.5. The first-order valence-electron chi connectivity index (χ1n) is 7.55. The average molecular weight is 442 g/mol. The number of anilines is 1. The largest absolute Gasteiger partial charge is 0.483 e. The van der Waals surface area contributed by atoms with Crippen LogP contribution in [0.5, 0.6) is 0 Å². The van der Waals surface area contributed by atoms with E-state index in [1.807, 2.05) is 6.07 Å². The van der Waals surface area contributed by atoms with Crippen LogP contribution >= 0.6 is 34.5 Å². The van der Waals surface area contributed by atoms with Crippen molar-refractivity contribution < 1.29 is 14.7 Å². The van der Waals surface area contributed by atoms with Crippen molar-refractivity contribution in [2.75, 3.05) is 5.32 Å². The van der Waals surface area contributed by atoms with Crippen molar-refractivity contribution in [3.63, 3.8) is 0 Å². The zero-order chi connectivity index (χ0) is 20.7. The van der Waals surface area contributed by atoms with Gasteiger partial charge in [0.2, 0.25) is 5.13 Å². The van der Waals surface area contributed by atoms with Crippen molar-refractivity contribution in [2.45, 2.75) is 13.3 Å². The Labute approximate surface area is 172 Å². The van der Waals surface area contributed by atoms with Gasteiger partial charge in [0.25, 0.3) is 17.9 Å². The maximum Gasteiger partial charge on any atom is 0.290 e. The lowest BCUT2D eigenvalue weighted by atomic mass is 10.2. The topological polar surface area (TPSA) is 138 Å². The summed E-state index contributed by atoms with van der Waals surface area (Å²) in [7, 11) is 0. The van der Waals surface area contributed by atoms with Gasteiger partial charge in [-0.25, -0.2) is 4.98 Å². The minimum atomic E-state index is -0.596. The zero-order valence-electron chi connectivity index (χ0n) is 14.3. The molecule has 0 radical (unpaired) electrons. The molecule has 0 unspecified atom stereocenters. The van der Waals surface area contributed by atoms with E-state index in [1.54, 1.807) is 19.1 Å². The van der Waals surface area contributed by atoms with Gasteiger partial charge in [0.15, 0.2) is 0 Å². The van der Waals surface area contributed by atoms with Crippen molar-refractivity contribution in [3.05, 3.63) is 66.8 Å². The van der Waals surface area contributed by atoms with E-state index in [4.69, 9.17) is 33.1 Å². The third-order valence-corrected chi connectivity index (χ3v) is 4.64. The predicted molar refractivity (Wildman–Crippen MR) is 105 cm³/mol. The number of carbonyl (C=O) groups is 2. The van der Waals surface area contributed by atoms with Crippen LogP contribution in [-0.4, -0.2) is 37.7 Å². The van der Waals surface area contributed by atoms with Gasteiger partial charge in [0.05, 0.1) is 0 Å². The SMILES string of the molecule is Cc1ncc(C(=O)Nc2nnc(Cc3ccc(Cl)cc3Cl)s2)c(=O)[nH]1.O=CO. The van der Waals surface area contributed by atoms with Gasteiger partial charge in [-0.3, -0.25) is 19.7 Å². The first-order valence-corrected chi connectivity index (χ1v) is 9.12. The maximum absolute atomic E-state index is 12.1. The van der Waals surface area contributed by atoms with Crippen LogP contribution in [0.2, 0.25) is 10.0 Å². The number of aromatic amines is 1. The standard InChI is InChI=1S/C15H11Cl2N5O2S.CH2O2/c1-7-18-6-10(13(23)19-7)14(24)20-15-22-21-12(25-15)4-8-2-3-9(16)5-11(8)17;2-1-3/h2-3,5-6H,4H2,1H3,(H,18,19,23)(H,20,22,24);1H,(H,2,3). The highest BCUT2D eigenvalue weighted by Crippen LogP contribution is 2.25. The molecule has 0 bridgehead atoms. The van der Waals surface area contributed by atoms with Crippen molar-refractivity contribution in [2.24, 2.45) is 0 Å². The number of benzene rings is 1. The van der Waals surface area contributed by atoms with E-state index in [9.17, 15) is 9.59 Å². The zero-order valence-corrected chi connectivity index (χ0v) is 16.6. The van der Waals surface area contributed by atoms with Gasteiger partial charge in [-0.15, -0.1) is 10.2 Å². The molecule has 0 aliphatic heterocycles. The molecular formula is C16H13Cl2N5O4S. The van der Waals surface area contributed by atoms with Crippen LogP contribution in [0.25, 0.3) is 0 Å². The number of nitrogens with one attached hydrogen (secondary N) is 2. The first kappa shape index (κ1) is 21.5. The minimum absolute atomic E-state index is 0.0944. The molecule has 0 fully saturated rings. The molecule has 3 aromatic rings. The molecule has 0 aliphatic carbocycles. The van der Waals surface area contributed by atoms with Crippen LogP contribution in [0, 0.1) is 6.92 Å². The molecule has 0 atom stereocenters. The summed E-state index contributed by atoms with van der Waals surface area (Å²) in [6, 6.07) is 5.20. The highest BCUT2D eigenvalue weighted by molar-refractivity contribution is 7.15. The number of rotatable bonds is 4. The van der Waals surface area contributed by atoms with Crippen LogP contribution in [0.1, 0.15) is 26.8 Å². The molecule has 28 heavy (non-hydrogen) atoms. The smallest absolute Gasteiger partial charge is 0.290 e. The van der Waals surface area contributed by atoms with Gasteiger partial charge in [-0.05, 0) is 24.6 Å². The monoisotopic (exact) mass is 441 g/mol. The highest BCUT2D eigenvalue weighted by Gasteiger charge is 2.15. The molecule has 1 amide bonds. The van der Waals surface area contributed by atoms with Crippen molar-refractivity contribution in [1.82, 2.24) is 20.2 Å². The second-order valence-electron chi connectivity index (χ2n) is 5.18. The number of hydrogen-bond acceptors (Lipinski definition) is 7. The Morgan fingerprint density at radius 2 is 2.07 bits per heavy atom. The summed E-state index contributed by atoms with van der Waals surface area (Å²) in [6.45, 7) is 1.38. The van der Waals surface area contributed by atoms with Crippen molar-refractivity contribution >= 4 is 52.0 Å². The van der Waals surface area contributed by atoms with Gasteiger partial charge >= 0.3 is 0 Å². The minimum Gasteiger partial charge on any atom is -0.483 e. The second-order valence-corrected chi connectivity index (χ2v) is 7.09. The van der Waals surface area contributed by atoms with Crippen LogP contribution in [0.4, 0.5) is 5.13 Å². The van der Waals surface area contributed by atoms with Gasteiger partial charge in [-0.1, -0.05) is 40.6 Å². The third kappa shape index (κ3) is 5.84. The lowest BCUT2D eigenvalue weighted by Gasteiger charge is -2.01. The van der Waals surface area contributed by atoms with E-state index in [0.29, 0.717) is 27.3 Å². The van der Waals surface area contributed by atoms with E-state index >= 15 is 0 Å². The van der Waals surface area contributed by atoms with Gasteiger partial charge in [-0.2, -0.15) is 0 Å². The summed E-state index contributed by atoms with van der Waals surface area (Å²) < 4.78 is 0. The van der Waals surface area contributed by atoms with Gasteiger partial charge in [0.1, 0.15) is 16.4 Å². The number of nitrogens with zero attached hydrogens (tertiary/aromatic N) is 3. The number of halogens is 2. The first-order chi connectivity index (χ1) is 13.3. The third-order valence-electron chi connectivity index (χ3n) is 3.22. The number of amides is 1. The molecule has 146 valence electrons. The lowest BCUT2D eigenvalue weighted by Crippen LogP contribution is -2.24. The van der Waals surface area contributed by atoms with E-state index in [1.165, 1.54) is 17.5 Å². The summed E-state index contributed by atoms with van der Waals surface area (Å²) in [4.78, 5) is 38.6. The molecule has 3 rings (SSSR count). The Hall–Kier alpha value is -2.82. The van der Waals surface area contributed by atoms with Crippen LogP contribution in [0.15, 0.2) is 29.2 Å². The normalized spacial score (nSPS) is 9.96. The summed E-state index contributed by atoms with van der Waals surface area (Å²) in [5, 5.41) is 19.4. The van der Waals surface area contributed by atoms with E-state index in [-0.39, 0.29) is 17.2 Å². The van der Waals surface area contributed by atoms with E-state index < -0.39 is 11.5 Å². The molecule has 2 heterocycles. The lowest BCUT2D eigenvalue weighted by molar-refractivity contribution is -0.122. The van der Waals surface area contributed by atoms with Crippen LogP contribution < -0.4 is 10.9 Å². The Morgan fingerprint density at radius 1 is 1.36 bits per heavy atom. The Kier molecular flexibility index (Phi) is 7.61. The maximum atomic E-state index is 12.1. The number of aryl methyl sites for hydroxylation is 1. The number of H-pyrrole nitrogens is 1. The molecular weight excluding hydrogens is 429 g/mol. The summed E-state index contributed by atoms with van der Waals surface area (Å²) in [5.41, 5.74) is 0.241. The molecule has 0 saturated carbocycles. The molecule has 3 N–H and O–H groups in total. The molecule has 9 nitrogen and oxygen atoms in total. The molecule has 12 heteroatoms. The number of carbonyl (C=O) groups excluding carboxylic acids is 1. The predicted octanol–water partition coefficient (Wildman–Crippen LogP) is 2.78. The Morgan fingerprint density at radius 3 is 2.71 bits per heavy atom. The summed E-state index contributed by atoms with van der Waals surface area (Å²) in [6.07, 6.45) is 1.68. The van der Waals surface area contributed by atoms with E-state index in [0.717, 1.165) is 5.56 Å². The quantitative estimate of drug-likeness (QED) is 0.528. The fraction of sp³-hybridized carbons (Fsp3) is 0.125. The molecule has 0 aliphatic rings. The fourth-order valence-corrected chi connectivity index (χ4v) is 3.25. The van der Waals surface area contributed by atoms with Gasteiger partial charge in [0, 0.05) is 22.7 Å². The second kappa shape index (κ2) is 9.93.